The molecular weight excluding hydrogens is 360 g/mol. The first-order valence-corrected chi connectivity index (χ1v) is 8.73. The topological polar surface area (TPSA) is 133 Å². The van der Waals surface area contributed by atoms with Crippen LogP contribution in [0.3, 0.4) is 0 Å². The molecule has 0 bridgehead atoms. The van der Waals surface area contributed by atoms with E-state index in [-0.39, 0.29) is 10.8 Å². The Bertz CT molecular complexity index is 861. The van der Waals surface area contributed by atoms with Crippen LogP contribution < -0.4 is 20.9 Å². The summed E-state index contributed by atoms with van der Waals surface area (Å²) in [5.41, 5.74) is -0.346. The maximum Gasteiger partial charge on any atom is 0.322 e. The van der Waals surface area contributed by atoms with E-state index in [1.165, 1.54) is 6.08 Å². The van der Waals surface area contributed by atoms with Gasteiger partial charge in [-0.25, -0.2) is 14.8 Å². The normalized spacial score (nSPS) is 23.4. The number of rotatable bonds is 2. The first-order valence-electron chi connectivity index (χ1n) is 7.92. The molecule has 134 valence electrons. The Morgan fingerprint density at radius 1 is 1.15 bits per heavy atom. The van der Waals surface area contributed by atoms with Crippen LogP contribution in [0, 0.1) is 0 Å². The van der Waals surface area contributed by atoms with Crippen molar-refractivity contribution < 1.29 is 19.2 Å². The number of nitrogens with one attached hydrogen (secondary N) is 3. The third-order valence-electron chi connectivity index (χ3n) is 4.50. The molecule has 3 saturated heterocycles. The maximum atomic E-state index is 12.0. The minimum Gasteiger partial charge on any atom is -0.341 e. The molecule has 11 heteroatoms. The van der Waals surface area contributed by atoms with E-state index in [0.717, 1.165) is 11.8 Å². The van der Waals surface area contributed by atoms with E-state index in [4.69, 9.17) is 0 Å². The van der Waals surface area contributed by atoms with Crippen molar-refractivity contribution in [3.05, 3.63) is 22.9 Å². The summed E-state index contributed by atoms with van der Waals surface area (Å²) in [5.74, 6) is -0.271. The summed E-state index contributed by atoms with van der Waals surface area (Å²) in [5, 5.41) is 6.76. The lowest BCUT2D eigenvalue weighted by atomic mass is 9.88. The van der Waals surface area contributed by atoms with Crippen LogP contribution in [0.15, 0.2) is 17.2 Å². The van der Waals surface area contributed by atoms with Gasteiger partial charge in [0.1, 0.15) is 5.54 Å². The predicted octanol–water partition coefficient (Wildman–Crippen LogP) is -0.0211. The summed E-state index contributed by atoms with van der Waals surface area (Å²) < 4.78 is 0. The Kier molecular flexibility index (Phi) is 3.87. The van der Waals surface area contributed by atoms with Gasteiger partial charge in [-0.15, -0.1) is 0 Å². The van der Waals surface area contributed by atoms with Crippen LogP contribution >= 0.6 is 11.8 Å². The van der Waals surface area contributed by atoms with Crippen molar-refractivity contribution in [2.75, 3.05) is 18.0 Å². The molecule has 26 heavy (non-hydrogen) atoms. The summed E-state index contributed by atoms with van der Waals surface area (Å²) in [6, 6.07) is 1.18. The van der Waals surface area contributed by atoms with Crippen molar-refractivity contribution in [3.63, 3.8) is 0 Å². The van der Waals surface area contributed by atoms with Crippen molar-refractivity contribution in [2.24, 2.45) is 0 Å². The van der Waals surface area contributed by atoms with Gasteiger partial charge in [0.15, 0.2) is 0 Å². The Hall–Kier alpha value is -2.95. The number of urea groups is 1. The number of carbonyl (C=O) groups excluding carboxylic acids is 4. The van der Waals surface area contributed by atoms with E-state index >= 15 is 0 Å². The summed E-state index contributed by atoms with van der Waals surface area (Å²) in [7, 11) is 0. The van der Waals surface area contributed by atoms with Gasteiger partial charge in [0.05, 0.1) is 10.6 Å². The molecule has 1 aromatic rings. The zero-order chi connectivity index (χ0) is 18.3. The molecular formula is C15H14N6O4S. The van der Waals surface area contributed by atoms with Crippen LogP contribution in [0.5, 0.6) is 0 Å². The Morgan fingerprint density at radius 3 is 2.54 bits per heavy atom. The second kappa shape index (κ2) is 6.09. The number of hydrogen-bond acceptors (Lipinski definition) is 8. The number of aromatic nitrogens is 2. The molecule has 0 unspecified atom stereocenters. The monoisotopic (exact) mass is 374 g/mol. The van der Waals surface area contributed by atoms with Gasteiger partial charge in [-0.1, -0.05) is 0 Å². The van der Waals surface area contributed by atoms with Crippen LogP contribution in [0.25, 0.3) is 6.08 Å². The molecule has 0 atom stereocenters. The zero-order valence-electron chi connectivity index (χ0n) is 13.4. The van der Waals surface area contributed by atoms with E-state index in [2.05, 4.69) is 25.9 Å². The first kappa shape index (κ1) is 16.5. The van der Waals surface area contributed by atoms with Crippen LogP contribution in [0.4, 0.5) is 15.5 Å². The Balaban J connectivity index is 1.49. The number of thioether (sulfide) groups is 1. The molecule has 3 N–H and O–H groups in total. The van der Waals surface area contributed by atoms with E-state index in [9.17, 15) is 19.2 Å². The number of nitrogens with zero attached hydrogens (tertiary/aromatic N) is 3. The van der Waals surface area contributed by atoms with E-state index in [0.29, 0.717) is 37.6 Å². The average Bonchev–Trinajstić information content (AvgIpc) is 3.06. The van der Waals surface area contributed by atoms with E-state index in [1.54, 1.807) is 12.3 Å². The Morgan fingerprint density at radius 2 is 1.92 bits per heavy atom. The minimum absolute atomic E-state index is 0.280. The van der Waals surface area contributed by atoms with Gasteiger partial charge in [0.2, 0.25) is 5.95 Å². The highest BCUT2D eigenvalue weighted by Gasteiger charge is 2.48. The fraction of sp³-hybridized carbons (Fsp3) is 0.333. The molecule has 10 nitrogen and oxygen atoms in total. The highest BCUT2D eigenvalue weighted by molar-refractivity contribution is 8.18. The van der Waals surface area contributed by atoms with E-state index < -0.39 is 22.7 Å². The lowest BCUT2D eigenvalue weighted by Gasteiger charge is -2.36. The largest absolute Gasteiger partial charge is 0.341 e. The van der Waals surface area contributed by atoms with Crippen molar-refractivity contribution in [1.29, 1.82) is 0 Å². The highest BCUT2D eigenvalue weighted by Crippen LogP contribution is 2.28. The Labute approximate surface area is 151 Å². The standard InChI is InChI=1S/C15H14N6O4S/c22-10-9(26-14(25)18-10)7-8-1-4-16-12(17-8)21-5-2-15(3-6-21)11(23)19-13(24)20-15/h1,4,7H,2-3,5-6H2,(H,18,22,25)(H2,19,20,23,24). The van der Waals surface area contributed by atoms with Gasteiger partial charge in [-0.2, -0.15) is 0 Å². The molecule has 0 saturated carbocycles. The molecule has 3 aliphatic heterocycles. The SMILES string of the molecule is O=C1NC(=O)C2(CCN(c3nccc(C=C4SC(=O)NC4=O)n3)CC2)N1. The highest BCUT2D eigenvalue weighted by atomic mass is 32.2. The quantitative estimate of drug-likeness (QED) is 0.486. The van der Waals surface area contributed by atoms with Crippen LogP contribution in [-0.4, -0.2) is 51.7 Å². The fourth-order valence-electron chi connectivity index (χ4n) is 3.12. The molecule has 1 spiro atoms. The third-order valence-corrected chi connectivity index (χ3v) is 5.31. The summed E-state index contributed by atoms with van der Waals surface area (Å²) in [4.78, 5) is 57.1. The van der Waals surface area contributed by atoms with Gasteiger partial charge >= 0.3 is 6.03 Å². The van der Waals surface area contributed by atoms with Crippen molar-refractivity contribution >= 4 is 46.9 Å². The fourth-order valence-corrected chi connectivity index (χ4v) is 3.79. The number of amides is 5. The second-order valence-corrected chi connectivity index (χ2v) is 7.13. The number of anilines is 1. The van der Waals surface area contributed by atoms with E-state index in [1.807, 2.05) is 4.90 Å². The van der Waals surface area contributed by atoms with Gasteiger partial charge in [0.25, 0.3) is 17.1 Å². The third kappa shape index (κ3) is 2.90. The zero-order valence-corrected chi connectivity index (χ0v) is 14.3. The lowest BCUT2D eigenvalue weighted by molar-refractivity contribution is -0.124. The van der Waals surface area contributed by atoms with Crippen molar-refractivity contribution in [2.45, 2.75) is 18.4 Å². The molecule has 0 aliphatic carbocycles. The number of carbonyl (C=O) groups is 4. The second-order valence-electron chi connectivity index (χ2n) is 6.11. The van der Waals surface area contributed by atoms with Gasteiger partial charge in [-0.3, -0.25) is 25.0 Å². The predicted molar refractivity (Wildman–Crippen MR) is 92.0 cm³/mol. The van der Waals surface area contributed by atoms with Crippen LogP contribution in [0.2, 0.25) is 0 Å². The number of piperidine rings is 1. The number of hydrogen-bond donors (Lipinski definition) is 3. The van der Waals surface area contributed by atoms with Gasteiger partial charge in [-0.05, 0) is 36.7 Å². The molecule has 4 rings (SSSR count). The molecule has 4 heterocycles. The molecule has 0 radical (unpaired) electrons. The van der Waals surface area contributed by atoms with Gasteiger partial charge in [0, 0.05) is 19.3 Å². The van der Waals surface area contributed by atoms with Crippen LogP contribution in [-0.2, 0) is 9.59 Å². The minimum atomic E-state index is -0.855. The lowest BCUT2D eigenvalue weighted by Crippen LogP contribution is -2.55. The summed E-state index contributed by atoms with van der Waals surface area (Å²) in [6.07, 6.45) is 4.01. The molecule has 3 fully saturated rings. The van der Waals surface area contributed by atoms with Gasteiger partial charge < -0.3 is 10.2 Å². The summed E-state index contributed by atoms with van der Waals surface area (Å²) >= 11 is 0.826. The molecule has 5 amide bonds. The maximum absolute atomic E-state index is 12.0. The molecule has 3 aliphatic rings. The summed E-state index contributed by atoms with van der Waals surface area (Å²) in [6.45, 7) is 1.00. The molecule has 1 aromatic heterocycles. The van der Waals surface area contributed by atoms with Crippen molar-refractivity contribution in [1.82, 2.24) is 25.9 Å². The number of imide groups is 2. The smallest absolute Gasteiger partial charge is 0.322 e. The average molecular weight is 374 g/mol. The van der Waals surface area contributed by atoms with Crippen molar-refractivity contribution in [3.8, 4) is 0 Å². The van der Waals surface area contributed by atoms with Crippen LogP contribution in [0.1, 0.15) is 18.5 Å². The first-order chi connectivity index (χ1) is 12.4. The molecule has 0 aromatic carbocycles.